The van der Waals surface area contributed by atoms with Gasteiger partial charge in [0.15, 0.2) is 0 Å². The number of halogens is 3. The Kier molecular flexibility index (Phi) is 5.62. The third-order valence-electron chi connectivity index (χ3n) is 4.76. The molecule has 0 amide bonds. The Morgan fingerprint density at radius 2 is 1.90 bits per heavy atom. The zero-order chi connectivity index (χ0) is 22.0. The zero-order valence-electron chi connectivity index (χ0n) is 16.0. The van der Waals surface area contributed by atoms with Gasteiger partial charge in [-0.05, 0) is 23.8 Å². The van der Waals surface area contributed by atoms with Crippen molar-refractivity contribution in [3.63, 3.8) is 0 Å². The summed E-state index contributed by atoms with van der Waals surface area (Å²) in [6, 6.07) is 13.5. The number of ether oxygens (including phenoxy) is 1. The smallest absolute Gasteiger partial charge is 0.307 e. The Bertz CT molecular complexity index is 1250. The summed E-state index contributed by atoms with van der Waals surface area (Å²) >= 11 is 0. The number of aromatic nitrogens is 1. The van der Waals surface area contributed by atoms with Crippen LogP contribution in [0.4, 0.5) is 13.2 Å². The average Bonchev–Trinajstić information content (AvgIpc) is 3.23. The second-order valence-electron chi connectivity index (χ2n) is 6.80. The minimum Gasteiger partial charge on any atom is -0.481 e. The largest absolute Gasteiger partial charge is 0.481 e. The van der Waals surface area contributed by atoms with Gasteiger partial charge in [0, 0.05) is 28.1 Å². The third-order valence-corrected chi connectivity index (χ3v) is 4.76. The van der Waals surface area contributed by atoms with Crippen molar-refractivity contribution in [2.45, 2.75) is 19.5 Å². The summed E-state index contributed by atoms with van der Waals surface area (Å²) in [6.45, 7) is 0.0376. The Balaban J connectivity index is 1.54. The normalized spacial score (nSPS) is 11.2. The first kappa shape index (κ1) is 20.5. The van der Waals surface area contributed by atoms with Gasteiger partial charge >= 0.3 is 5.97 Å². The number of nitrogens with zero attached hydrogens (tertiary/aromatic N) is 1. The van der Waals surface area contributed by atoms with Crippen LogP contribution in [0.2, 0.25) is 0 Å². The molecule has 158 valence electrons. The van der Waals surface area contributed by atoms with Gasteiger partial charge < -0.3 is 14.3 Å². The van der Waals surface area contributed by atoms with Gasteiger partial charge in [-0.3, -0.25) is 4.79 Å². The molecule has 0 unspecified atom stereocenters. The van der Waals surface area contributed by atoms with E-state index in [1.807, 2.05) is 0 Å². The molecule has 0 fully saturated rings. The first-order chi connectivity index (χ1) is 14.9. The monoisotopic (exact) mass is 427 g/mol. The van der Waals surface area contributed by atoms with Gasteiger partial charge in [0.1, 0.15) is 18.0 Å². The number of aliphatic carboxylic acids is 1. The Morgan fingerprint density at radius 3 is 2.65 bits per heavy atom. The molecular weight excluding hydrogens is 411 g/mol. The van der Waals surface area contributed by atoms with Gasteiger partial charge in [0.2, 0.25) is 5.88 Å². The van der Waals surface area contributed by atoms with Crippen molar-refractivity contribution >= 4 is 16.9 Å². The molecule has 2 aromatic heterocycles. The van der Waals surface area contributed by atoms with Crippen LogP contribution in [0.15, 0.2) is 65.3 Å². The van der Waals surface area contributed by atoms with E-state index in [-0.39, 0.29) is 23.6 Å². The van der Waals surface area contributed by atoms with Crippen LogP contribution in [0.25, 0.3) is 22.2 Å². The SMILES string of the molecule is O=C(O)Cc1ccc(-c2cccc(OCc3ccc(C(F)F)c4ccoc34)n2)cc1F. The molecule has 0 saturated heterocycles. The lowest BCUT2D eigenvalue weighted by Gasteiger charge is -2.10. The maximum absolute atomic E-state index is 14.2. The molecule has 4 rings (SSSR count). The van der Waals surface area contributed by atoms with Crippen LogP contribution >= 0.6 is 0 Å². The average molecular weight is 427 g/mol. The van der Waals surface area contributed by atoms with E-state index < -0.39 is 24.6 Å². The topological polar surface area (TPSA) is 72.6 Å². The first-order valence-corrected chi connectivity index (χ1v) is 9.30. The fourth-order valence-electron chi connectivity index (χ4n) is 3.27. The number of pyridine rings is 1. The molecule has 4 aromatic rings. The van der Waals surface area contributed by atoms with Gasteiger partial charge in [-0.15, -0.1) is 0 Å². The Morgan fingerprint density at radius 1 is 1.10 bits per heavy atom. The lowest BCUT2D eigenvalue weighted by Crippen LogP contribution is -2.02. The number of alkyl halides is 2. The number of hydrogen-bond acceptors (Lipinski definition) is 4. The number of furan rings is 1. The Labute approximate surface area is 174 Å². The number of fused-ring (bicyclic) bond motifs is 1. The van der Waals surface area contributed by atoms with E-state index >= 15 is 0 Å². The van der Waals surface area contributed by atoms with E-state index in [1.54, 1.807) is 24.3 Å². The number of carboxylic acids is 1. The Hall–Kier alpha value is -3.81. The molecule has 2 heterocycles. The van der Waals surface area contributed by atoms with Crippen LogP contribution in [0.3, 0.4) is 0 Å². The van der Waals surface area contributed by atoms with E-state index in [2.05, 4.69) is 4.98 Å². The molecule has 2 aromatic carbocycles. The summed E-state index contributed by atoms with van der Waals surface area (Å²) in [5.74, 6) is -1.50. The zero-order valence-corrected chi connectivity index (χ0v) is 16.0. The molecule has 0 aliphatic carbocycles. The van der Waals surface area contributed by atoms with Crippen LogP contribution in [-0.4, -0.2) is 16.1 Å². The molecule has 0 atom stereocenters. The summed E-state index contributed by atoms with van der Waals surface area (Å²) < 4.78 is 51.5. The lowest BCUT2D eigenvalue weighted by molar-refractivity contribution is -0.136. The molecule has 0 aliphatic heterocycles. The predicted molar refractivity (Wildman–Crippen MR) is 106 cm³/mol. The highest BCUT2D eigenvalue weighted by Gasteiger charge is 2.16. The highest BCUT2D eigenvalue weighted by atomic mass is 19.3. The second-order valence-corrected chi connectivity index (χ2v) is 6.80. The minimum absolute atomic E-state index is 0.0376. The highest BCUT2D eigenvalue weighted by Crippen LogP contribution is 2.31. The quantitative estimate of drug-likeness (QED) is 0.405. The van der Waals surface area contributed by atoms with Crippen molar-refractivity contribution in [2.24, 2.45) is 0 Å². The third kappa shape index (κ3) is 4.37. The number of carbonyl (C=O) groups is 1. The molecule has 0 saturated carbocycles. The van der Waals surface area contributed by atoms with Crippen molar-refractivity contribution < 1.29 is 32.2 Å². The van der Waals surface area contributed by atoms with Crippen LogP contribution < -0.4 is 4.74 Å². The van der Waals surface area contributed by atoms with Crippen LogP contribution in [0.5, 0.6) is 5.88 Å². The van der Waals surface area contributed by atoms with Gasteiger partial charge in [-0.2, -0.15) is 0 Å². The minimum atomic E-state index is -2.62. The maximum Gasteiger partial charge on any atom is 0.307 e. The summed E-state index contributed by atoms with van der Waals surface area (Å²) in [5.41, 5.74) is 1.78. The van der Waals surface area contributed by atoms with Gasteiger partial charge in [0.25, 0.3) is 6.43 Å². The molecule has 0 aliphatic rings. The molecule has 8 heteroatoms. The van der Waals surface area contributed by atoms with E-state index in [0.29, 0.717) is 27.8 Å². The number of benzene rings is 2. The van der Waals surface area contributed by atoms with Gasteiger partial charge in [-0.25, -0.2) is 18.2 Å². The van der Waals surface area contributed by atoms with E-state index in [1.165, 1.54) is 36.6 Å². The molecule has 0 bridgehead atoms. The number of hydrogen-bond donors (Lipinski definition) is 1. The standard InChI is InChI=1S/C23H16F3NO4/c24-18-10-14(5-4-13(18)11-21(28)29)19-2-1-3-20(27-19)31-12-15-6-7-17(23(25)26)16-8-9-30-22(15)16/h1-10,23H,11-12H2,(H,28,29). The van der Waals surface area contributed by atoms with Crippen molar-refractivity contribution in [1.82, 2.24) is 4.98 Å². The maximum atomic E-state index is 14.2. The predicted octanol–water partition coefficient (Wildman–Crippen LogP) is 5.78. The molecule has 5 nitrogen and oxygen atoms in total. The second kappa shape index (κ2) is 8.51. The summed E-state index contributed by atoms with van der Waals surface area (Å²) in [7, 11) is 0. The number of rotatable bonds is 7. The van der Waals surface area contributed by atoms with Gasteiger partial charge in [-0.1, -0.05) is 30.3 Å². The molecule has 1 N–H and O–H groups in total. The van der Waals surface area contributed by atoms with Gasteiger partial charge in [0.05, 0.1) is 18.4 Å². The molecule has 0 spiro atoms. The van der Waals surface area contributed by atoms with E-state index in [4.69, 9.17) is 14.3 Å². The van der Waals surface area contributed by atoms with Crippen LogP contribution in [0.1, 0.15) is 23.1 Å². The van der Waals surface area contributed by atoms with Crippen LogP contribution in [0, 0.1) is 5.82 Å². The van der Waals surface area contributed by atoms with Crippen molar-refractivity contribution in [1.29, 1.82) is 0 Å². The van der Waals surface area contributed by atoms with Crippen LogP contribution in [-0.2, 0) is 17.8 Å². The molecular formula is C23H16F3NO4. The van der Waals surface area contributed by atoms with Crippen molar-refractivity contribution in [3.05, 3.63) is 83.4 Å². The first-order valence-electron chi connectivity index (χ1n) is 9.30. The lowest BCUT2D eigenvalue weighted by atomic mass is 10.1. The van der Waals surface area contributed by atoms with E-state index in [9.17, 15) is 18.0 Å². The summed E-state index contributed by atoms with van der Waals surface area (Å²) in [6.07, 6.45) is -1.67. The summed E-state index contributed by atoms with van der Waals surface area (Å²) in [4.78, 5) is 15.1. The fraction of sp³-hybridized carbons (Fsp3) is 0.130. The van der Waals surface area contributed by atoms with Crippen molar-refractivity contribution in [2.75, 3.05) is 0 Å². The fourth-order valence-corrected chi connectivity index (χ4v) is 3.27. The molecule has 0 radical (unpaired) electrons. The molecule has 31 heavy (non-hydrogen) atoms. The van der Waals surface area contributed by atoms with E-state index in [0.717, 1.165) is 0 Å². The van der Waals surface area contributed by atoms with Crippen molar-refractivity contribution in [3.8, 4) is 17.1 Å². The summed E-state index contributed by atoms with van der Waals surface area (Å²) in [5, 5.41) is 9.15. The number of carboxylic acid groups (broad SMARTS) is 1. The highest BCUT2D eigenvalue weighted by molar-refractivity contribution is 5.84.